The van der Waals surface area contributed by atoms with Gasteiger partial charge in [0.15, 0.2) is 0 Å². The molecule has 0 bridgehead atoms. The predicted molar refractivity (Wildman–Crippen MR) is 98.8 cm³/mol. The first-order chi connectivity index (χ1) is 21.9. The van der Waals surface area contributed by atoms with Gasteiger partial charge in [-0.1, -0.05) is 0 Å². The Morgan fingerprint density at radius 3 is 0.635 bits per heavy atom. The number of halogens is 32. The summed E-state index contributed by atoms with van der Waals surface area (Å²) in [6.07, 6.45) is -22.4. The minimum atomic E-state index is -10.0. The summed E-state index contributed by atoms with van der Waals surface area (Å²) in [5.74, 6) is -106. The summed E-state index contributed by atoms with van der Waals surface area (Å²) in [5, 5.41) is 0. The molecule has 36 heteroatoms. The Kier molecular flexibility index (Phi) is 12.2. The van der Waals surface area contributed by atoms with Gasteiger partial charge in [-0.2, -0.15) is 13.2 Å². The molecular weight excluding hydrogens is 972 g/mol. The average molecular weight is 972 g/mol. The molecule has 0 atom stereocenters. The van der Waals surface area contributed by atoms with Gasteiger partial charge in [0.1, 0.15) is 0 Å². The number of alkyl halides is 32. The molecule has 0 aliphatic carbocycles. The van der Waals surface area contributed by atoms with Crippen molar-refractivity contribution in [2.75, 3.05) is 0 Å². The van der Waals surface area contributed by atoms with Gasteiger partial charge in [0.05, 0.1) is 0 Å². The third-order valence-electron chi connectivity index (χ3n) is 5.20. The molecule has 0 radical (unpaired) electrons. The summed E-state index contributed by atoms with van der Waals surface area (Å²) < 4.78 is 406. The molecule has 0 unspecified atom stereocenters. The second-order valence-corrected chi connectivity index (χ2v) is 12.2. The second kappa shape index (κ2) is 12.8. The van der Waals surface area contributed by atoms with Crippen LogP contribution in [0.2, 0.25) is 0 Å². The topological polar surface area (TPSA) is 52.6 Å². The third-order valence-corrected chi connectivity index (χ3v) is 8.58. The summed E-state index contributed by atoms with van der Waals surface area (Å²) >= 11 is -8.61. The van der Waals surface area contributed by atoms with Crippen LogP contribution in [0.4, 0.5) is 136 Å². The zero-order valence-corrected chi connectivity index (χ0v) is 23.9. The van der Waals surface area contributed by atoms with Crippen LogP contribution in [0.25, 0.3) is 0 Å². The zero-order chi connectivity index (χ0) is 43.1. The van der Waals surface area contributed by atoms with Crippen molar-refractivity contribution >= 4 is 32.6 Å². The Morgan fingerprint density at radius 1 is 0.288 bits per heavy atom. The van der Waals surface area contributed by atoms with Crippen molar-refractivity contribution < 1.29 is 152 Å². The van der Waals surface area contributed by atoms with Gasteiger partial charge >= 0.3 is 253 Å². The summed E-state index contributed by atoms with van der Waals surface area (Å²) in [6.45, 7) is 0. The molecule has 0 saturated heterocycles. The van der Waals surface area contributed by atoms with Crippen LogP contribution >= 0.6 is 20.6 Å². The van der Waals surface area contributed by atoms with E-state index >= 15 is 0 Å². The van der Waals surface area contributed by atoms with Crippen molar-refractivity contribution in [2.45, 2.75) is 81.7 Å². The first kappa shape index (κ1) is 49.5. The fourth-order valence-electron chi connectivity index (χ4n) is 2.36. The van der Waals surface area contributed by atoms with Crippen molar-refractivity contribution in [1.29, 1.82) is 0 Å². The second-order valence-electron chi connectivity index (χ2n) is 8.68. The van der Waals surface area contributed by atoms with E-state index in [2.05, 4.69) is 6.13 Å². The molecule has 0 amide bonds. The van der Waals surface area contributed by atoms with Gasteiger partial charge in [-0.15, -0.1) is 0 Å². The van der Waals surface area contributed by atoms with Crippen LogP contribution in [0.1, 0.15) is 0 Å². The Balaban J connectivity index is 7.64. The van der Waals surface area contributed by atoms with Crippen molar-refractivity contribution in [3.05, 3.63) is 0 Å². The molecule has 312 valence electrons. The van der Waals surface area contributed by atoms with Crippen LogP contribution in [-0.2, 0) is 15.7 Å². The quantitative estimate of drug-likeness (QED) is 0.105. The SMILES string of the molecule is O=C(OI(OC(=O)C(F)(F)F)C(F)(F)C(F)(F)C(F)(F)C(F)(F)C(F)(F)C(F)(F)C(F)(F)C(F)(F)C(F)(F)C(F)(F)C(F)(F)C(F)(F)F)C(F)(F)F. The number of carbonyl (C=O) groups excluding carboxylic acids is 2. The molecule has 0 aromatic heterocycles. The molecule has 0 aliphatic rings. The molecule has 0 heterocycles. The van der Waals surface area contributed by atoms with Crippen molar-refractivity contribution in [2.24, 2.45) is 0 Å². The van der Waals surface area contributed by atoms with Crippen molar-refractivity contribution in [3.8, 4) is 0 Å². The minimum absolute atomic E-state index is 2.10. The van der Waals surface area contributed by atoms with Crippen LogP contribution in [0.5, 0.6) is 0 Å². The number of hydrogen-bond acceptors (Lipinski definition) is 4. The zero-order valence-electron chi connectivity index (χ0n) is 21.7. The molecule has 0 spiro atoms. The van der Waals surface area contributed by atoms with E-state index in [1.165, 1.54) is 0 Å². The molecule has 0 aromatic carbocycles. The van der Waals surface area contributed by atoms with E-state index in [9.17, 15) is 146 Å². The Hall–Kier alpha value is -2.50. The maximum atomic E-state index is 14.2. The van der Waals surface area contributed by atoms with Gasteiger partial charge in [0, 0.05) is 0 Å². The first-order valence-corrected chi connectivity index (χ1v) is 13.3. The maximum absolute atomic E-state index is 14.2. The van der Waals surface area contributed by atoms with E-state index in [1.807, 2.05) is 0 Å². The van der Waals surface area contributed by atoms with E-state index in [0.29, 0.717) is 0 Å². The van der Waals surface area contributed by atoms with E-state index in [-0.39, 0.29) is 0 Å². The number of carbonyl (C=O) groups is 2. The summed E-state index contributed by atoms with van der Waals surface area (Å²) in [4.78, 5) is 21.2. The molecule has 4 nitrogen and oxygen atoms in total. The molecule has 0 rings (SSSR count). The first-order valence-electron chi connectivity index (χ1n) is 10.4. The molecule has 0 N–H and O–H groups in total. The molecule has 52 heavy (non-hydrogen) atoms. The van der Waals surface area contributed by atoms with Crippen molar-refractivity contribution in [1.82, 2.24) is 0 Å². The van der Waals surface area contributed by atoms with Gasteiger partial charge in [-0.3, -0.25) is 0 Å². The van der Waals surface area contributed by atoms with Gasteiger partial charge in [0.2, 0.25) is 0 Å². The summed E-state index contributed by atoms with van der Waals surface area (Å²) in [6, 6.07) is 0. The number of rotatable bonds is 13. The summed E-state index contributed by atoms with van der Waals surface area (Å²) in [5.41, 5.74) is 0. The fraction of sp³-hybridized carbons (Fsp3) is 0.875. The average Bonchev–Trinajstić information content (AvgIpc) is 2.89. The monoisotopic (exact) mass is 972 g/mol. The predicted octanol–water partition coefficient (Wildman–Crippen LogP) is 10.0. The van der Waals surface area contributed by atoms with E-state index in [0.717, 1.165) is 0 Å². The Morgan fingerprint density at radius 2 is 0.462 bits per heavy atom. The van der Waals surface area contributed by atoms with Crippen LogP contribution in [0.3, 0.4) is 0 Å². The molecular formula is C16F31IO4. The van der Waals surface area contributed by atoms with Crippen LogP contribution in [0, 0.1) is 0 Å². The van der Waals surface area contributed by atoms with Gasteiger partial charge in [-0.25, -0.2) is 0 Å². The van der Waals surface area contributed by atoms with Crippen LogP contribution < -0.4 is 0 Å². The van der Waals surface area contributed by atoms with E-state index in [1.54, 1.807) is 0 Å². The van der Waals surface area contributed by atoms with Gasteiger partial charge in [0.25, 0.3) is 0 Å². The normalized spacial score (nSPS) is 16.5. The van der Waals surface area contributed by atoms with E-state index in [4.69, 9.17) is 0 Å². The van der Waals surface area contributed by atoms with E-state index < -0.39 is 114 Å². The Bertz CT molecular complexity index is 1310. The fourth-order valence-corrected chi connectivity index (χ4v) is 5.12. The molecule has 0 aromatic rings. The van der Waals surface area contributed by atoms with Crippen LogP contribution in [-0.4, -0.2) is 93.6 Å². The number of hydrogen-bond donors (Lipinski definition) is 0. The van der Waals surface area contributed by atoms with Crippen molar-refractivity contribution in [3.63, 3.8) is 0 Å². The Labute approximate surface area is 267 Å². The van der Waals surface area contributed by atoms with Crippen LogP contribution in [0.15, 0.2) is 0 Å². The van der Waals surface area contributed by atoms with Gasteiger partial charge in [-0.05, 0) is 0 Å². The molecule has 0 saturated carbocycles. The molecule has 0 fully saturated rings. The standard InChI is InChI=1S/C16F31IO4/c17-3(18,19)1(49)51-48(52-2(50)4(20,21)22)16(46,47)14(41,42)12(37,38)10(33,34)8(29,30)6(25,26)5(23,24)7(27,28)9(31,32)11(35,36)13(39,40)15(43,44)45. The summed E-state index contributed by atoms with van der Waals surface area (Å²) in [7, 11) is 0. The third kappa shape index (κ3) is 6.84. The molecule has 0 aliphatic heterocycles. The van der Waals surface area contributed by atoms with Gasteiger partial charge < -0.3 is 0 Å².